The Hall–Kier alpha value is -1.09. The smallest absolute Gasteiger partial charge is 0.165 e. The van der Waals surface area contributed by atoms with Crippen LogP contribution in [0.15, 0.2) is 18.2 Å². The van der Waals surface area contributed by atoms with Crippen molar-refractivity contribution in [3.05, 3.63) is 29.6 Å². The number of benzene rings is 1. The quantitative estimate of drug-likeness (QED) is 0.802. The average Bonchev–Trinajstić information content (AvgIpc) is 3.01. The molecule has 1 aromatic carbocycles. The summed E-state index contributed by atoms with van der Waals surface area (Å²) in [6.07, 6.45) is 2.36. The van der Waals surface area contributed by atoms with Crippen molar-refractivity contribution in [2.75, 3.05) is 7.11 Å². The molecule has 0 heterocycles. The van der Waals surface area contributed by atoms with Crippen molar-refractivity contribution in [2.45, 2.75) is 18.9 Å². The summed E-state index contributed by atoms with van der Waals surface area (Å²) in [7, 11) is 1.46. The maximum Gasteiger partial charge on any atom is 0.165 e. The molecule has 2 N–H and O–H groups in total. The normalized spacial score (nSPS) is 17.9. The molecule has 1 aromatic rings. The highest BCUT2D eigenvalue weighted by atomic mass is 19.1. The number of ether oxygens (including phenoxy) is 1. The molecule has 0 spiro atoms. The van der Waals surface area contributed by atoms with Gasteiger partial charge in [0.1, 0.15) is 0 Å². The van der Waals surface area contributed by atoms with Gasteiger partial charge in [-0.1, -0.05) is 6.07 Å². The van der Waals surface area contributed by atoms with Crippen LogP contribution in [-0.4, -0.2) is 7.11 Å². The Kier molecular flexibility index (Phi) is 2.42. The van der Waals surface area contributed by atoms with Crippen LogP contribution < -0.4 is 10.5 Å². The molecule has 2 nitrogen and oxygen atoms in total. The minimum atomic E-state index is -0.334. The summed E-state index contributed by atoms with van der Waals surface area (Å²) >= 11 is 0. The van der Waals surface area contributed by atoms with Crippen LogP contribution in [0.1, 0.15) is 24.4 Å². The first-order valence-corrected chi connectivity index (χ1v) is 4.81. The van der Waals surface area contributed by atoms with E-state index in [0.717, 1.165) is 5.56 Å². The molecule has 2 rings (SSSR count). The molecule has 76 valence electrons. The van der Waals surface area contributed by atoms with Gasteiger partial charge in [0, 0.05) is 6.04 Å². The van der Waals surface area contributed by atoms with E-state index in [1.165, 1.54) is 26.0 Å². The summed E-state index contributed by atoms with van der Waals surface area (Å²) < 4.78 is 18.0. The van der Waals surface area contributed by atoms with Crippen LogP contribution >= 0.6 is 0 Å². The second kappa shape index (κ2) is 3.58. The fourth-order valence-electron chi connectivity index (χ4n) is 1.61. The summed E-state index contributed by atoms with van der Waals surface area (Å²) in [5, 5.41) is 0. The van der Waals surface area contributed by atoms with Gasteiger partial charge in [-0.25, -0.2) is 4.39 Å². The zero-order chi connectivity index (χ0) is 10.1. The molecule has 0 aliphatic heterocycles. The van der Waals surface area contributed by atoms with Crippen LogP contribution in [0.5, 0.6) is 5.75 Å². The third-order valence-corrected chi connectivity index (χ3v) is 2.69. The molecule has 1 fully saturated rings. The maximum atomic E-state index is 13.1. The number of nitrogens with two attached hydrogens (primary N) is 1. The summed E-state index contributed by atoms with van der Waals surface area (Å²) in [5.74, 6) is 0.517. The molecular formula is C11H14FNO. The number of methoxy groups -OCH3 is 1. The first kappa shape index (κ1) is 9.46. The lowest BCUT2D eigenvalue weighted by atomic mass is 10.0. The van der Waals surface area contributed by atoms with Crippen molar-refractivity contribution in [3.8, 4) is 5.75 Å². The van der Waals surface area contributed by atoms with Crippen LogP contribution in [0.2, 0.25) is 0 Å². The first-order valence-electron chi connectivity index (χ1n) is 4.81. The van der Waals surface area contributed by atoms with Gasteiger partial charge in [-0.3, -0.25) is 0 Å². The number of rotatable bonds is 3. The first-order chi connectivity index (χ1) is 6.72. The standard InChI is InChI=1S/C11H14FNO/c1-14-10-6-8(4-5-9(10)12)11(13)7-2-3-7/h4-7,11H,2-3,13H2,1H3/t11-/m1/s1. The Balaban J connectivity index is 2.25. The predicted octanol–water partition coefficient (Wildman–Crippen LogP) is 2.24. The van der Waals surface area contributed by atoms with Crippen molar-refractivity contribution < 1.29 is 9.13 Å². The summed E-state index contributed by atoms with van der Waals surface area (Å²) in [4.78, 5) is 0. The summed E-state index contributed by atoms with van der Waals surface area (Å²) in [6.45, 7) is 0. The predicted molar refractivity (Wildman–Crippen MR) is 52.6 cm³/mol. The second-order valence-corrected chi connectivity index (χ2v) is 3.76. The van der Waals surface area contributed by atoms with Crippen molar-refractivity contribution in [1.29, 1.82) is 0 Å². The highest BCUT2D eigenvalue weighted by Crippen LogP contribution is 2.40. The van der Waals surface area contributed by atoms with Crippen LogP contribution in [0.4, 0.5) is 4.39 Å². The van der Waals surface area contributed by atoms with E-state index in [4.69, 9.17) is 10.5 Å². The molecule has 0 radical (unpaired) electrons. The molecular weight excluding hydrogens is 181 g/mol. The molecule has 0 amide bonds. The molecule has 0 unspecified atom stereocenters. The molecule has 1 saturated carbocycles. The minimum absolute atomic E-state index is 0.0319. The third-order valence-electron chi connectivity index (χ3n) is 2.69. The van der Waals surface area contributed by atoms with Gasteiger partial charge in [0.15, 0.2) is 11.6 Å². The van der Waals surface area contributed by atoms with Crippen LogP contribution in [0, 0.1) is 11.7 Å². The topological polar surface area (TPSA) is 35.2 Å². The monoisotopic (exact) mass is 195 g/mol. The van der Waals surface area contributed by atoms with E-state index in [9.17, 15) is 4.39 Å². The van der Waals surface area contributed by atoms with E-state index in [1.54, 1.807) is 12.1 Å². The number of hydrogen-bond acceptors (Lipinski definition) is 2. The van der Waals surface area contributed by atoms with E-state index in [1.807, 2.05) is 0 Å². The summed E-state index contributed by atoms with van der Waals surface area (Å²) in [5.41, 5.74) is 6.96. The highest BCUT2D eigenvalue weighted by Gasteiger charge is 2.29. The molecule has 1 aliphatic carbocycles. The minimum Gasteiger partial charge on any atom is -0.494 e. The van der Waals surface area contributed by atoms with Gasteiger partial charge < -0.3 is 10.5 Å². The summed E-state index contributed by atoms with van der Waals surface area (Å²) in [6, 6.07) is 4.87. The van der Waals surface area contributed by atoms with Crippen molar-refractivity contribution >= 4 is 0 Å². The van der Waals surface area contributed by atoms with E-state index in [-0.39, 0.29) is 17.6 Å². The van der Waals surface area contributed by atoms with Gasteiger partial charge in [0.2, 0.25) is 0 Å². The van der Waals surface area contributed by atoms with Crippen molar-refractivity contribution in [1.82, 2.24) is 0 Å². The lowest BCUT2D eigenvalue weighted by molar-refractivity contribution is 0.385. The second-order valence-electron chi connectivity index (χ2n) is 3.76. The van der Waals surface area contributed by atoms with E-state index < -0.39 is 0 Å². The number of hydrogen-bond donors (Lipinski definition) is 1. The van der Waals surface area contributed by atoms with Gasteiger partial charge in [0.25, 0.3) is 0 Å². The van der Waals surface area contributed by atoms with Gasteiger partial charge >= 0.3 is 0 Å². The average molecular weight is 195 g/mol. The Morgan fingerprint density at radius 2 is 2.21 bits per heavy atom. The molecule has 1 atom stereocenters. The van der Waals surface area contributed by atoms with Gasteiger partial charge in [-0.05, 0) is 36.5 Å². The van der Waals surface area contributed by atoms with Crippen LogP contribution in [0.25, 0.3) is 0 Å². The van der Waals surface area contributed by atoms with E-state index in [2.05, 4.69) is 0 Å². The Morgan fingerprint density at radius 1 is 1.50 bits per heavy atom. The Morgan fingerprint density at radius 3 is 2.79 bits per heavy atom. The molecule has 0 bridgehead atoms. The highest BCUT2D eigenvalue weighted by molar-refractivity contribution is 5.32. The van der Waals surface area contributed by atoms with Gasteiger partial charge in [-0.2, -0.15) is 0 Å². The van der Waals surface area contributed by atoms with Gasteiger partial charge in [-0.15, -0.1) is 0 Å². The fourth-order valence-corrected chi connectivity index (χ4v) is 1.61. The molecule has 0 saturated heterocycles. The maximum absolute atomic E-state index is 13.1. The zero-order valence-electron chi connectivity index (χ0n) is 8.16. The zero-order valence-corrected chi connectivity index (χ0v) is 8.16. The Bertz CT molecular complexity index is 336. The van der Waals surface area contributed by atoms with Crippen LogP contribution in [0.3, 0.4) is 0 Å². The van der Waals surface area contributed by atoms with E-state index >= 15 is 0 Å². The van der Waals surface area contributed by atoms with Crippen molar-refractivity contribution in [3.63, 3.8) is 0 Å². The molecule has 14 heavy (non-hydrogen) atoms. The third kappa shape index (κ3) is 1.73. The molecule has 3 heteroatoms. The van der Waals surface area contributed by atoms with Gasteiger partial charge in [0.05, 0.1) is 7.11 Å². The molecule has 1 aliphatic rings. The lowest BCUT2D eigenvalue weighted by Crippen LogP contribution is -2.12. The Labute approximate surface area is 82.9 Å². The lowest BCUT2D eigenvalue weighted by Gasteiger charge is -2.12. The SMILES string of the molecule is COc1cc([C@H](N)C2CC2)ccc1F. The molecule has 0 aromatic heterocycles. The van der Waals surface area contributed by atoms with Crippen molar-refractivity contribution in [2.24, 2.45) is 11.7 Å². The largest absolute Gasteiger partial charge is 0.494 e. The van der Waals surface area contributed by atoms with E-state index in [0.29, 0.717) is 5.92 Å². The van der Waals surface area contributed by atoms with Crippen LogP contribution in [-0.2, 0) is 0 Å². The fraction of sp³-hybridized carbons (Fsp3) is 0.455. The number of halogens is 1.